The first-order chi connectivity index (χ1) is 9.76. The fraction of sp³-hybridized carbons (Fsp3) is 0.235. The Bertz CT molecular complexity index is 673. The predicted molar refractivity (Wildman–Crippen MR) is 82.0 cm³/mol. The van der Waals surface area contributed by atoms with Gasteiger partial charge in [-0.15, -0.1) is 0 Å². The molecule has 20 heavy (non-hydrogen) atoms. The first-order valence-corrected chi connectivity index (χ1v) is 7.17. The number of halogens is 1. The van der Waals surface area contributed by atoms with Crippen LogP contribution in [0, 0.1) is 11.3 Å². The van der Waals surface area contributed by atoms with Crippen LogP contribution in [0.4, 0.5) is 5.69 Å². The van der Waals surface area contributed by atoms with Crippen LogP contribution in [0.2, 0.25) is 5.02 Å². The number of hydrogen-bond donors (Lipinski definition) is 1. The van der Waals surface area contributed by atoms with Gasteiger partial charge >= 0.3 is 0 Å². The van der Waals surface area contributed by atoms with Gasteiger partial charge in [-0.1, -0.05) is 35.9 Å². The number of hydrogen-bond acceptors (Lipinski definition) is 2. The number of nitrogens with zero attached hydrogens (tertiary/aromatic N) is 1. The molecule has 0 saturated carbocycles. The fourth-order valence-corrected chi connectivity index (χ4v) is 2.92. The first kappa shape index (κ1) is 13.0. The maximum Gasteiger partial charge on any atom is 0.0992 e. The third-order valence-corrected chi connectivity index (χ3v) is 4.13. The summed E-state index contributed by atoms with van der Waals surface area (Å²) in [5.74, 6) is 0. The summed E-state index contributed by atoms with van der Waals surface area (Å²) >= 11 is 6.20. The molecule has 0 heterocycles. The van der Waals surface area contributed by atoms with Gasteiger partial charge in [0.25, 0.3) is 0 Å². The average molecular weight is 283 g/mol. The monoisotopic (exact) mass is 282 g/mol. The van der Waals surface area contributed by atoms with E-state index in [4.69, 9.17) is 16.9 Å². The number of nitrogens with one attached hydrogen (secondary N) is 1. The van der Waals surface area contributed by atoms with Gasteiger partial charge in [0.2, 0.25) is 0 Å². The van der Waals surface area contributed by atoms with E-state index in [2.05, 4.69) is 35.7 Å². The Kier molecular flexibility index (Phi) is 3.62. The molecule has 0 aromatic heterocycles. The predicted octanol–water partition coefficient (Wildman–Crippen LogP) is 4.18. The Balaban J connectivity index is 1.79. The summed E-state index contributed by atoms with van der Waals surface area (Å²) in [7, 11) is 0. The molecular formula is C17H15ClN2. The number of rotatable bonds is 2. The van der Waals surface area contributed by atoms with Crippen LogP contribution in [0.3, 0.4) is 0 Å². The lowest BCUT2D eigenvalue weighted by Gasteiger charge is -2.26. The first-order valence-electron chi connectivity index (χ1n) is 6.79. The standard InChI is InChI=1S/C17H15ClN2/c18-16-8-5-12(11-19)9-17(16)20-15-7-6-13-3-1-2-4-14(13)10-15/h1-5,8-9,15,20H,6-7,10H2. The van der Waals surface area contributed by atoms with Gasteiger partial charge in [0.05, 0.1) is 22.3 Å². The van der Waals surface area contributed by atoms with E-state index in [0.717, 1.165) is 24.9 Å². The van der Waals surface area contributed by atoms with Crippen molar-refractivity contribution >= 4 is 17.3 Å². The van der Waals surface area contributed by atoms with Crippen molar-refractivity contribution in [1.82, 2.24) is 0 Å². The normalized spacial score (nSPS) is 17.1. The number of aryl methyl sites for hydroxylation is 1. The Hall–Kier alpha value is -1.98. The summed E-state index contributed by atoms with van der Waals surface area (Å²) < 4.78 is 0. The molecule has 0 amide bonds. The van der Waals surface area contributed by atoms with E-state index in [0.29, 0.717) is 16.6 Å². The molecule has 100 valence electrons. The van der Waals surface area contributed by atoms with Crippen molar-refractivity contribution in [2.24, 2.45) is 0 Å². The molecule has 1 aliphatic carbocycles. The molecule has 0 bridgehead atoms. The zero-order chi connectivity index (χ0) is 13.9. The Morgan fingerprint density at radius 2 is 1.95 bits per heavy atom. The minimum atomic E-state index is 0.372. The molecule has 0 radical (unpaired) electrons. The highest BCUT2D eigenvalue weighted by atomic mass is 35.5. The lowest BCUT2D eigenvalue weighted by atomic mass is 9.88. The molecule has 2 aromatic carbocycles. The molecule has 0 fully saturated rings. The molecule has 0 aliphatic heterocycles. The van der Waals surface area contributed by atoms with E-state index >= 15 is 0 Å². The number of anilines is 1. The molecule has 1 N–H and O–H groups in total. The zero-order valence-corrected chi connectivity index (χ0v) is 11.8. The maximum absolute atomic E-state index is 8.97. The molecule has 0 saturated heterocycles. The van der Waals surface area contributed by atoms with Crippen LogP contribution < -0.4 is 5.32 Å². The molecule has 2 aromatic rings. The molecule has 1 unspecified atom stereocenters. The summed E-state index contributed by atoms with van der Waals surface area (Å²) in [5.41, 5.74) is 4.34. The highest BCUT2D eigenvalue weighted by Crippen LogP contribution is 2.28. The van der Waals surface area contributed by atoms with Gasteiger partial charge < -0.3 is 5.32 Å². The molecule has 0 spiro atoms. The number of fused-ring (bicyclic) bond motifs is 1. The molecule has 3 rings (SSSR count). The van der Waals surface area contributed by atoms with Gasteiger partial charge in [-0.2, -0.15) is 5.26 Å². The second kappa shape index (κ2) is 5.56. The number of nitriles is 1. The van der Waals surface area contributed by atoms with Gasteiger partial charge in [0, 0.05) is 6.04 Å². The summed E-state index contributed by atoms with van der Waals surface area (Å²) in [6.07, 6.45) is 3.18. The van der Waals surface area contributed by atoms with E-state index < -0.39 is 0 Å². The third-order valence-electron chi connectivity index (χ3n) is 3.80. The van der Waals surface area contributed by atoms with Crippen molar-refractivity contribution in [3.8, 4) is 6.07 Å². The number of benzene rings is 2. The summed E-state index contributed by atoms with van der Waals surface area (Å²) in [5, 5.41) is 13.1. The van der Waals surface area contributed by atoms with Crippen LogP contribution >= 0.6 is 11.6 Å². The van der Waals surface area contributed by atoms with Crippen molar-refractivity contribution in [2.75, 3.05) is 5.32 Å². The van der Waals surface area contributed by atoms with Crippen LogP contribution in [-0.4, -0.2) is 6.04 Å². The van der Waals surface area contributed by atoms with E-state index in [9.17, 15) is 0 Å². The van der Waals surface area contributed by atoms with Crippen molar-refractivity contribution in [3.63, 3.8) is 0 Å². The van der Waals surface area contributed by atoms with Crippen molar-refractivity contribution in [1.29, 1.82) is 5.26 Å². The van der Waals surface area contributed by atoms with E-state index in [1.165, 1.54) is 11.1 Å². The Morgan fingerprint density at radius 3 is 2.75 bits per heavy atom. The molecule has 2 nitrogen and oxygen atoms in total. The third kappa shape index (κ3) is 2.64. The SMILES string of the molecule is N#Cc1ccc(Cl)c(NC2CCc3ccccc3C2)c1. The minimum absolute atomic E-state index is 0.372. The molecule has 3 heteroatoms. The molecule has 1 aliphatic rings. The van der Waals surface area contributed by atoms with Crippen LogP contribution in [0.1, 0.15) is 23.1 Å². The molecule has 1 atom stereocenters. The summed E-state index contributed by atoms with van der Waals surface area (Å²) in [4.78, 5) is 0. The van der Waals surface area contributed by atoms with Crippen LogP contribution in [0.15, 0.2) is 42.5 Å². The minimum Gasteiger partial charge on any atom is -0.381 e. The van der Waals surface area contributed by atoms with Gasteiger partial charge in [0.15, 0.2) is 0 Å². The fourth-order valence-electron chi connectivity index (χ4n) is 2.75. The Labute approximate surface area is 124 Å². The van der Waals surface area contributed by atoms with Gasteiger partial charge in [-0.05, 0) is 48.6 Å². The van der Waals surface area contributed by atoms with Crippen LogP contribution in [0.5, 0.6) is 0 Å². The second-order valence-corrected chi connectivity index (χ2v) is 5.57. The van der Waals surface area contributed by atoms with Crippen molar-refractivity contribution < 1.29 is 0 Å². The van der Waals surface area contributed by atoms with Crippen molar-refractivity contribution in [2.45, 2.75) is 25.3 Å². The lowest BCUT2D eigenvalue weighted by molar-refractivity contribution is 0.611. The van der Waals surface area contributed by atoms with Crippen LogP contribution in [-0.2, 0) is 12.8 Å². The van der Waals surface area contributed by atoms with E-state index in [1.54, 1.807) is 12.1 Å². The lowest BCUT2D eigenvalue weighted by Crippen LogP contribution is -2.27. The van der Waals surface area contributed by atoms with Gasteiger partial charge in [-0.3, -0.25) is 0 Å². The Morgan fingerprint density at radius 1 is 1.15 bits per heavy atom. The average Bonchev–Trinajstić information content (AvgIpc) is 2.49. The highest BCUT2D eigenvalue weighted by molar-refractivity contribution is 6.33. The van der Waals surface area contributed by atoms with E-state index in [-0.39, 0.29) is 0 Å². The van der Waals surface area contributed by atoms with Crippen LogP contribution in [0.25, 0.3) is 0 Å². The smallest absolute Gasteiger partial charge is 0.0992 e. The van der Waals surface area contributed by atoms with Crippen molar-refractivity contribution in [3.05, 3.63) is 64.2 Å². The van der Waals surface area contributed by atoms with E-state index in [1.807, 2.05) is 6.07 Å². The maximum atomic E-state index is 8.97. The second-order valence-electron chi connectivity index (χ2n) is 5.16. The summed E-state index contributed by atoms with van der Waals surface area (Å²) in [6, 6.07) is 16.4. The van der Waals surface area contributed by atoms with Gasteiger partial charge in [-0.25, -0.2) is 0 Å². The molecular weight excluding hydrogens is 268 g/mol. The highest BCUT2D eigenvalue weighted by Gasteiger charge is 2.18. The topological polar surface area (TPSA) is 35.8 Å². The zero-order valence-electron chi connectivity index (χ0n) is 11.1. The quantitative estimate of drug-likeness (QED) is 0.897. The van der Waals surface area contributed by atoms with Gasteiger partial charge in [0.1, 0.15) is 0 Å². The largest absolute Gasteiger partial charge is 0.381 e. The summed E-state index contributed by atoms with van der Waals surface area (Å²) in [6.45, 7) is 0.